The van der Waals surface area contributed by atoms with E-state index in [0.717, 1.165) is 4.57 Å². The Labute approximate surface area is 342 Å². The summed E-state index contributed by atoms with van der Waals surface area (Å²) in [5, 5.41) is 37.5. The van der Waals surface area contributed by atoms with Gasteiger partial charge >= 0.3 is 35.3 Å². The Bertz CT molecular complexity index is 2330. The number of hydrogen-bond acceptors (Lipinski definition) is 16. The smallest absolute Gasteiger partial charge is 0.870 e. The quantitative estimate of drug-likeness (QED) is 0.0232. The molecule has 0 unspecified atom stereocenters. The number of aromatic nitrogens is 6. The number of hydroxylamine groups is 1. The Kier molecular flexibility index (Phi) is 18.2. The van der Waals surface area contributed by atoms with Gasteiger partial charge in [0.05, 0.1) is 20.3 Å². The third kappa shape index (κ3) is 13.7. The zero-order chi connectivity index (χ0) is 38.1. The molecule has 0 radical (unpaired) electrons. The summed E-state index contributed by atoms with van der Waals surface area (Å²) in [6, 6.07) is 7.94. The molecule has 0 fully saturated rings. The molecule has 2 aromatic carbocycles. The molecule has 3 heterocycles. The summed E-state index contributed by atoms with van der Waals surface area (Å²) in [5.41, 5.74) is 3.46. The van der Waals surface area contributed by atoms with Crippen molar-refractivity contribution >= 4 is 63.8 Å². The van der Waals surface area contributed by atoms with Crippen LogP contribution in [0.25, 0.3) is 17.2 Å². The summed E-state index contributed by atoms with van der Waals surface area (Å²) in [6.07, 6.45) is 1.24. The molecule has 0 amide bonds. The minimum Gasteiger partial charge on any atom is -0.870 e. The van der Waals surface area contributed by atoms with Gasteiger partial charge in [-0.3, -0.25) is 15.2 Å². The molecule has 5 rings (SSSR count). The van der Waals surface area contributed by atoms with Gasteiger partial charge in [0.1, 0.15) is 23.0 Å². The Balaban J connectivity index is 0.000000361. The van der Waals surface area contributed by atoms with Crippen molar-refractivity contribution in [3.63, 3.8) is 0 Å². The average Bonchev–Trinajstić information content (AvgIpc) is 3.83. The van der Waals surface area contributed by atoms with Crippen LogP contribution in [0, 0.1) is 11.6 Å². The molecule has 0 bridgehead atoms. The van der Waals surface area contributed by atoms with Gasteiger partial charge in [0.15, 0.2) is 17.2 Å². The zero-order valence-corrected chi connectivity index (χ0v) is 34.3. The summed E-state index contributed by atoms with van der Waals surface area (Å²) in [6.45, 7) is 0.163. The van der Waals surface area contributed by atoms with E-state index in [1.807, 2.05) is 5.48 Å². The molecule has 22 nitrogen and oxygen atoms in total. The second-order valence-corrected chi connectivity index (χ2v) is 14.5. The minimum absolute atomic E-state index is 0. The van der Waals surface area contributed by atoms with E-state index in [1.165, 1.54) is 36.4 Å². The summed E-state index contributed by atoms with van der Waals surface area (Å²) >= 11 is 6.09. The van der Waals surface area contributed by atoms with Crippen molar-refractivity contribution in [1.29, 1.82) is 0 Å². The first-order valence-corrected chi connectivity index (χ1v) is 18.9. The van der Waals surface area contributed by atoms with Gasteiger partial charge in [-0.05, 0) is 104 Å². The number of aliphatic imine (C=N–C) groups is 1. The Hall–Kier alpha value is -3.39. The number of halogens is 4. The first kappa shape index (κ1) is 46.8. The number of nitrogens with two attached hydrogens (primary N) is 2. The van der Waals surface area contributed by atoms with E-state index in [4.69, 9.17) is 19.4 Å². The summed E-state index contributed by atoms with van der Waals surface area (Å²) in [4.78, 5) is 16.2. The fourth-order valence-electron chi connectivity index (χ4n) is 4.10. The van der Waals surface area contributed by atoms with Gasteiger partial charge in [-0.1, -0.05) is 15.5 Å². The molecule has 5 aromatic rings. The number of amidine groups is 1. The molecule has 29 heteroatoms. The van der Waals surface area contributed by atoms with Crippen LogP contribution in [0.2, 0.25) is 0 Å². The third-order valence-electron chi connectivity index (χ3n) is 6.35. The SMILES string of the molecule is NS(=O)(=O)NCCCc1nonc1-c1noc(=O)n1-c1ccc(F)c(Br)c1.NS(=O)(=O)NCCCc1nonc1C(=Nc1ccc(F)c(Br)c1)NO.[Na+].[OH-]. The molecule has 0 spiro atoms. The second-order valence-electron chi connectivity index (χ2n) is 10.1. The topological polar surface area (TPSA) is 345 Å². The molecule has 54 heavy (non-hydrogen) atoms. The van der Waals surface area contributed by atoms with Crippen molar-refractivity contribution < 1.29 is 79.6 Å². The van der Waals surface area contributed by atoms with Crippen molar-refractivity contribution in [2.24, 2.45) is 15.3 Å². The summed E-state index contributed by atoms with van der Waals surface area (Å²) in [7, 11) is -7.56. The van der Waals surface area contributed by atoms with Crippen LogP contribution in [-0.2, 0) is 33.3 Å². The fourth-order valence-corrected chi connectivity index (χ4v) is 5.69. The maximum absolute atomic E-state index is 13.5. The molecular weight excluding hydrogens is 913 g/mol. The van der Waals surface area contributed by atoms with Gasteiger partial charge in [-0.25, -0.2) is 52.1 Å². The van der Waals surface area contributed by atoms with E-state index in [-0.39, 0.29) is 98.6 Å². The van der Waals surface area contributed by atoms with Gasteiger partial charge in [-0.2, -0.15) is 16.8 Å². The molecule has 0 saturated heterocycles. The van der Waals surface area contributed by atoms with Crippen LogP contribution in [0.4, 0.5) is 14.5 Å². The van der Waals surface area contributed by atoms with Gasteiger partial charge in [0, 0.05) is 13.1 Å². The third-order valence-corrected chi connectivity index (χ3v) is 8.78. The van der Waals surface area contributed by atoms with Crippen LogP contribution in [0.15, 0.2) is 68.9 Å². The number of hydrogen-bond donors (Lipinski definition) is 6. The van der Waals surface area contributed by atoms with E-state index in [9.17, 15) is 35.6 Å². The molecule has 0 aliphatic carbocycles. The number of nitrogens with one attached hydrogen (secondary N) is 3. The first-order valence-electron chi connectivity index (χ1n) is 14.2. The standard InChI is InChI=1S/C13H12BrFN6O5S.C12H14BrFN6O4S.Na.H2O/c14-8-6-7(3-4-9(8)15)21-12(20-25-13(21)22)11-10(18-26-19-11)2-1-5-17-27(16,23)24;13-8-6-7(3-4-9(8)14)17-12(18-21)11-10(19-24-20-11)2-1-5-16-25(15,22)23;;/h3-4,6,17H,1-2,5H2,(H2,16,23,24);3-4,6,16,21H,1-2,5H2,(H,17,18)(H2,15,22,23);;1H2/q;;+1;/p-1. The number of rotatable bonds is 14. The predicted octanol–water partition coefficient (Wildman–Crippen LogP) is -1.92. The zero-order valence-electron chi connectivity index (χ0n) is 27.5. The van der Waals surface area contributed by atoms with Crippen molar-refractivity contribution in [3.8, 4) is 17.2 Å². The summed E-state index contributed by atoms with van der Waals surface area (Å²) in [5.74, 6) is -1.82. The molecule has 0 atom stereocenters. The molecule has 9 N–H and O–H groups in total. The molecule has 0 saturated carbocycles. The van der Waals surface area contributed by atoms with Gasteiger partial charge < -0.3 is 5.48 Å². The molecule has 288 valence electrons. The van der Waals surface area contributed by atoms with E-state index in [1.54, 1.807) is 0 Å². The number of aryl methyl sites for hydroxylation is 2. The summed E-state index contributed by atoms with van der Waals surface area (Å²) < 4.78 is 89.8. The normalized spacial score (nSPS) is 11.6. The fraction of sp³-hybridized carbons (Fsp3) is 0.240. The minimum atomic E-state index is -3.79. The van der Waals surface area contributed by atoms with Crippen molar-refractivity contribution in [2.75, 3.05) is 13.1 Å². The van der Waals surface area contributed by atoms with Crippen molar-refractivity contribution in [1.82, 2.24) is 45.3 Å². The van der Waals surface area contributed by atoms with Gasteiger partial charge in [-0.15, -0.1) is 0 Å². The Morgan fingerprint density at radius 2 is 1.41 bits per heavy atom. The average molecular weight is 940 g/mol. The van der Waals surface area contributed by atoms with E-state index < -0.39 is 37.8 Å². The van der Waals surface area contributed by atoms with Crippen LogP contribution < -0.4 is 60.5 Å². The Morgan fingerprint density at radius 1 is 0.852 bits per heavy atom. The van der Waals surface area contributed by atoms with Crippen LogP contribution >= 0.6 is 31.9 Å². The Morgan fingerprint density at radius 3 is 1.98 bits per heavy atom. The number of benzene rings is 2. The predicted molar refractivity (Wildman–Crippen MR) is 183 cm³/mol. The molecule has 0 aliphatic rings. The molecule has 3 aromatic heterocycles. The monoisotopic (exact) mass is 938 g/mol. The van der Waals surface area contributed by atoms with Gasteiger partial charge in [0.2, 0.25) is 5.82 Å². The number of nitrogens with zero attached hydrogens (tertiary/aromatic N) is 7. The van der Waals surface area contributed by atoms with Crippen LogP contribution in [-0.4, -0.2) is 76.8 Å². The molecule has 0 aliphatic heterocycles. The van der Waals surface area contributed by atoms with E-state index >= 15 is 0 Å². The van der Waals surface area contributed by atoms with Gasteiger partial charge in [0.25, 0.3) is 20.4 Å². The van der Waals surface area contributed by atoms with Crippen LogP contribution in [0.5, 0.6) is 0 Å². The first-order chi connectivity index (χ1) is 24.6. The van der Waals surface area contributed by atoms with Crippen LogP contribution in [0.3, 0.4) is 0 Å². The van der Waals surface area contributed by atoms with Crippen molar-refractivity contribution in [3.05, 3.63) is 84.6 Å². The maximum atomic E-state index is 13.5. The van der Waals surface area contributed by atoms with E-state index in [2.05, 4.69) is 76.7 Å². The van der Waals surface area contributed by atoms with E-state index in [0.29, 0.717) is 29.9 Å². The van der Waals surface area contributed by atoms with Crippen molar-refractivity contribution in [2.45, 2.75) is 25.7 Å². The maximum Gasteiger partial charge on any atom is 1.00 e. The second kappa shape index (κ2) is 21.1. The largest absolute Gasteiger partial charge is 1.00 e. The molecular formula is C25H27Br2F2N12NaO10S2. The van der Waals surface area contributed by atoms with Crippen LogP contribution in [0.1, 0.15) is 29.9 Å².